The van der Waals surface area contributed by atoms with Gasteiger partial charge in [0.15, 0.2) is 11.4 Å². The van der Waals surface area contributed by atoms with E-state index >= 15 is 0 Å². The minimum atomic E-state index is -0.946. The standard InChI is InChI=1S/C13H18N6O5S/c1-24-13(23)7-3-6(4-18(7)8(20)5-25-2)19-10(12(15)22)9(11(14)21)16-17-19/h6-7H,3-5H2,1-2H3,(H2,14,21)(H2,15,22)/t6-,7+/m0/s1. The number of hydrogen-bond donors (Lipinski definition) is 2. The van der Waals surface area contributed by atoms with Gasteiger partial charge in [0.1, 0.15) is 6.04 Å². The van der Waals surface area contributed by atoms with Crippen molar-refractivity contribution in [1.82, 2.24) is 19.9 Å². The summed E-state index contributed by atoms with van der Waals surface area (Å²) in [6, 6.07) is -1.39. The van der Waals surface area contributed by atoms with Gasteiger partial charge in [-0.1, -0.05) is 5.21 Å². The number of nitrogens with zero attached hydrogens (tertiary/aromatic N) is 4. The molecule has 1 aliphatic heterocycles. The van der Waals surface area contributed by atoms with E-state index in [4.69, 9.17) is 16.2 Å². The molecule has 2 atom stereocenters. The SMILES string of the molecule is COC(=O)[C@H]1C[C@H](n2nnc(C(N)=O)c2C(N)=O)CN1C(=O)CSC. The Morgan fingerprint density at radius 1 is 1.28 bits per heavy atom. The van der Waals surface area contributed by atoms with Crippen LogP contribution in [0.4, 0.5) is 0 Å². The van der Waals surface area contributed by atoms with E-state index in [2.05, 4.69) is 10.3 Å². The first-order valence-electron chi connectivity index (χ1n) is 7.22. The number of aromatic nitrogens is 3. The molecule has 0 spiro atoms. The average Bonchev–Trinajstić information content (AvgIpc) is 3.18. The molecule has 1 aliphatic rings. The number of primary amides is 2. The third-order valence-electron chi connectivity index (χ3n) is 3.85. The van der Waals surface area contributed by atoms with Gasteiger partial charge in [-0.15, -0.1) is 5.10 Å². The van der Waals surface area contributed by atoms with Gasteiger partial charge in [-0.05, 0) is 6.26 Å². The highest BCUT2D eigenvalue weighted by Gasteiger charge is 2.42. The van der Waals surface area contributed by atoms with Gasteiger partial charge in [-0.25, -0.2) is 9.48 Å². The Morgan fingerprint density at radius 2 is 1.96 bits per heavy atom. The number of methoxy groups -OCH3 is 1. The number of ether oxygens (including phenoxy) is 1. The first-order valence-corrected chi connectivity index (χ1v) is 8.62. The summed E-state index contributed by atoms with van der Waals surface area (Å²) in [5.74, 6) is -2.51. The Labute approximate surface area is 147 Å². The Bertz CT molecular complexity index is 720. The number of carbonyl (C=O) groups excluding carboxylic acids is 4. The van der Waals surface area contributed by atoms with E-state index in [0.29, 0.717) is 0 Å². The van der Waals surface area contributed by atoms with Crippen molar-refractivity contribution in [2.24, 2.45) is 11.5 Å². The molecule has 1 saturated heterocycles. The van der Waals surface area contributed by atoms with Gasteiger partial charge in [0, 0.05) is 13.0 Å². The van der Waals surface area contributed by atoms with Crippen LogP contribution < -0.4 is 11.5 Å². The summed E-state index contributed by atoms with van der Waals surface area (Å²) in [5.41, 5.74) is 9.88. The van der Waals surface area contributed by atoms with Gasteiger partial charge in [0.2, 0.25) is 5.91 Å². The molecule has 0 radical (unpaired) electrons. The zero-order chi connectivity index (χ0) is 18.7. The lowest BCUT2D eigenvalue weighted by Gasteiger charge is -2.22. The fourth-order valence-corrected chi connectivity index (χ4v) is 3.19. The van der Waals surface area contributed by atoms with Crippen LogP contribution in [-0.2, 0) is 14.3 Å². The zero-order valence-corrected chi connectivity index (χ0v) is 14.5. The van der Waals surface area contributed by atoms with Gasteiger partial charge in [0.05, 0.1) is 18.9 Å². The number of carbonyl (C=O) groups is 4. The summed E-state index contributed by atoms with van der Waals surface area (Å²) in [4.78, 5) is 48.7. The van der Waals surface area contributed by atoms with Crippen LogP contribution in [-0.4, -0.2) is 75.3 Å². The Hall–Kier alpha value is -2.63. The molecule has 1 aromatic heterocycles. The molecular formula is C13H18N6O5S. The van der Waals surface area contributed by atoms with Crippen molar-refractivity contribution in [2.45, 2.75) is 18.5 Å². The van der Waals surface area contributed by atoms with Crippen molar-refractivity contribution in [3.63, 3.8) is 0 Å². The lowest BCUT2D eigenvalue weighted by molar-refractivity contribution is -0.150. The second kappa shape index (κ2) is 7.51. The number of nitrogens with two attached hydrogens (primary N) is 2. The molecule has 2 rings (SSSR count). The summed E-state index contributed by atoms with van der Waals surface area (Å²) < 4.78 is 5.89. The maximum atomic E-state index is 12.3. The van der Waals surface area contributed by atoms with E-state index < -0.39 is 29.9 Å². The highest BCUT2D eigenvalue weighted by molar-refractivity contribution is 7.99. The van der Waals surface area contributed by atoms with E-state index in [1.54, 1.807) is 6.26 Å². The monoisotopic (exact) mass is 370 g/mol. The van der Waals surface area contributed by atoms with Crippen LogP contribution in [0.25, 0.3) is 0 Å². The van der Waals surface area contributed by atoms with E-state index in [1.807, 2.05) is 0 Å². The minimum absolute atomic E-state index is 0.0982. The number of thioether (sulfide) groups is 1. The molecule has 3 amide bonds. The quantitative estimate of drug-likeness (QED) is 0.551. The number of rotatable bonds is 6. The molecule has 0 unspecified atom stereocenters. The summed E-state index contributed by atoms with van der Waals surface area (Å²) in [5, 5.41) is 7.36. The maximum Gasteiger partial charge on any atom is 0.328 e. The number of likely N-dealkylation sites (tertiary alicyclic amines) is 1. The van der Waals surface area contributed by atoms with E-state index in [-0.39, 0.29) is 36.0 Å². The van der Waals surface area contributed by atoms with Crippen LogP contribution in [0.15, 0.2) is 0 Å². The van der Waals surface area contributed by atoms with Gasteiger partial charge >= 0.3 is 5.97 Å². The molecule has 1 aromatic rings. The normalized spacial score (nSPS) is 19.7. The summed E-state index contributed by atoms with van der Waals surface area (Å²) in [7, 11) is 1.22. The molecule has 25 heavy (non-hydrogen) atoms. The lowest BCUT2D eigenvalue weighted by atomic mass is 10.1. The van der Waals surface area contributed by atoms with Crippen LogP contribution >= 0.6 is 11.8 Å². The van der Waals surface area contributed by atoms with Crippen molar-refractivity contribution in [3.05, 3.63) is 11.4 Å². The number of hydrogen-bond acceptors (Lipinski definition) is 8. The fraction of sp³-hybridized carbons (Fsp3) is 0.538. The van der Waals surface area contributed by atoms with Crippen molar-refractivity contribution in [1.29, 1.82) is 0 Å². The van der Waals surface area contributed by atoms with Crippen LogP contribution in [0.5, 0.6) is 0 Å². The molecule has 0 aromatic carbocycles. The van der Waals surface area contributed by atoms with E-state index in [0.717, 1.165) is 4.68 Å². The largest absolute Gasteiger partial charge is 0.467 e. The van der Waals surface area contributed by atoms with Gasteiger partial charge < -0.3 is 21.1 Å². The third kappa shape index (κ3) is 3.57. The highest BCUT2D eigenvalue weighted by atomic mass is 32.2. The first kappa shape index (κ1) is 18.7. The predicted molar refractivity (Wildman–Crippen MR) is 86.6 cm³/mol. The van der Waals surface area contributed by atoms with Crippen LogP contribution in [0.1, 0.15) is 33.4 Å². The summed E-state index contributed by atoms with van der Waals surface area (Å²) in [6.45, 7) is 0.0982. The Balaban J connectivity index is 2.38. The van der Waals surface area contributed by atoms with Crippen LogP contribution in [0, 0.1) is 0 Å². The molecule has 136 valence electrons. The zero-order valence-electron chi connectivity index (χ0n) is 13.7. The molecule has 12 heteroatoms. The molecule has 11 nitrogen and oxygen atoms in total. The fourth-order valence-electron chi connectivity index (χ4n) is 2.78. The minimum Gasteiger partial charge on any atom is -0.467 e. The number of amides is 3. The van der Waals surface area contributed by atoms with Crippen molar-refractivity contribution in [3.8, 4) is 0 Å². The second-order valence-electron chi connectivity index (χ2n) is 5.37. The molecule has 4 N–H and O–H groups in total. The molecular weight excluding hydrogens is 352 g/mol. The summed E-state index contributed by atoms with van der Waals surface area (Å²) in [6.07, 6.45) is 1.91. The van der Waals surface area contributed by atoms with Crippen LogP contribution in [0.3, 0.4) is 0 Å². The van der Waals surface area contributed by atoms with Gasteiger partial charge in [-0.2, -0.15) is 11.8 Å². The van der Waals surface area contributed by atoms with Gasteiger partial charge in [0.25, 0.3) is 11.8 Å². The highest BCUT2D eigenvalue weighted by Crippen LogP contribution is 2.29. The van der Waals surface area contributed by atoms with Gasteiger partial charge in [-0.3, -0.25) is 14.4 Å². The van der Waals surface area contributed by atoms with E-state index in [1.165, 1.54) is 23.8 Å². The molecule has 0 bridgehead atoms. The average molecular weight is 370 g/mol. The van der Waals surface area contributed by atoms with Crippen molar-refractivity contribution >= 4 is 35.5 Å². The molecule has 1 fully saturated rings. The maximum absolute atomic E-state index is 12.3. The molecule has 0 aliphatic carbocycles. The molecule has 2 heterocycles. The first-order chi connectivity index (χ1) is 11.8. The smallest absolute Gasteiger partial charge is 0.328 e. The van der Waals surface area contributed by atoms with Crippen LogP contribution in [0.2, 0.25) is 0 Å². The van der Waals surface area contributed by atoms with Crippen molar-refractivity contribution < 1.29 is 23.9 Å². The second-order valence-corrected chi connectivity index (χ2v) is 6.23. The van der Waals surface area contributed by atoms with E-state index in [9.17, 15) is 19.2 Å². The van der Waals surface area contributed by atoms with Crippen molar-refractivity contribution in [2.75, 3.05) is 25.7 Å². The lowest BCUT2D eigenvalue weighted by Crippen LogP contribution is -2.42. The topological polar surface area (TPSA) is 164 Å². The number of esters is 1. The Kier molecular flexibility index (Phi) is 5.62. The predicted octanol–water partition coefficient (Wildman–Crippen LogP) is -1.85. The summed E-state index contributed by atoms with van der Waals surface area (Å²) >= 11 is 1.32. The third-order valence-corrected chi connectivity index (χ3v) is 4.38. The molecule has 0 saturated carbocycles. The Morgan fingerprint density at radius 3 is 2.48 bits per heavy atom.